The van der Waals surface area contributed by atoms with Crippen LogP contribution in [0.5, 0.6) is 5.75 Å². The lowest BCUT2D eigenvalue weighted by Gasteiger charge is -2.21. The third-order valence-electron chi connectivity index (χ3n) is 5.04. The zero-order valence-corrected chi connectivity index (χ0v) is 19.2. The molecule has 2 aromatic heterocycles. The molecule has 0 unspecified atom stereocenters. The van der Waals surface area contributed by atoms with Crippen molar-refractivity contribution < 1.29 is 14.3 Å². The lowest BCUT2D eigenvalue weighted by molar-refractivity contribution is -0.126. The Hall–Kier alpha value is -3.39. The van der Waals surface area contributed by atoms with Crippen LogP contribution in [0.4, 0.5) is 0 Å². The number of hydrogen-bond acceptors (Lipinski definition) is 5. The molecule has 9 heteroatoms. The van der Waals surface area contributed by atoms with Crippen LogP contribution >= 0.6 is 11.6 Å². The highest BCUT2D eigenvalue weighted by Gasteiger charge is 2.34. The summed E-state index contributed by atoms with van der Waals surface area (Å²) < 4.78 is 5.36. The van der Waals surface area contributed by atoms with Gasteiger partial charge in [0.1, 0.15) is 17.0 Å². The van der Waals surface area contributed by atoms with Crippen molar-refractivity contribution in [3.63, 3.8) is 0 Å². The summed E-state index contributed by atoms with van der Waals surface area (Å²) in [5.41, 5.74) is 2.14. The smallest absolute Gasteiger partial charge is 0.233 e. The number of benzene rings is 1. The predicted octanol–water partition coefficient (Wildman–Crippen LogP) is 3.33. The zero-order chi connectivity index (χ0) is 23.3. The van der Waals surface area contributed by atoms with Crippen LogP contribution in [-0.4, -0.2) is 47.0 Å². The number of rotatable bonds is 8. The van der Waals surface area contributed by atoms with Gasteiger partial charge in [0.15, 0.2) is 0 Å². The minimum Gasteiger partial charge on any atom is -0.495 e. The first-order chi connectivity index (χ1) is 15.2. The molecule has 0 aliphatic carbocycles. The summed E-state index contributed by atoms with van der Waals surface area (Å²) in [6.07, 6.45) is 3.39. The number of pyridine rings is 1. The van der Waals surface area contributed by atoms with Gasteiger partial charge in [-0.15, -0.1) is 0 Å². The Morgan fingerprint density at radius 1 is 1.09 bits per heavy atom. The topological polar surface area (TPSA) is 109 Å². The fourth-order valence-corrected chi connectivity index (χ4v) is 3.35. The van der Waals surface area contributed by atoms with Crippen molar-refractivity contribution in [1.29, 1.82) is 0 Å². The molecule has 0 aliphatic heterocycles. The number of H-pyrrole nitrogens is 1. The van der Waals surface area contributed by atoms with Crippen LogP contribution in [0, 0.1) is 0 Å². The molecular formula is C23H26ClN5O3. The molecule has 1 aromatic carbocycles. The third-order valence-corrected chi connectivity index (χ3v) is 5.35. The van der Waals surface area contributed by atoms with Gasteiger partial charge < -0.3 is 20.4 Å². The maximum atomic E-state index is 12.9. The Bertz CT molecular complexity index is 1110. The van der Waals surface area contributed by atoms with E-state index >= 15 is 0 Å². The SMILES string of the molecule is COc1cc(-c2nc(C(C)(C)C(=O)NCCNC(C)=O)[nH]c2-c2ccncc2)ccc1Cl. The van der Waals surface area contributed by atoms with Crippen LogP contribution in [0.3, 0.4) is 0 Å². The van der Waals surface area contributed by atoms with E-state index in [0.717, 1.165) is 16.8 Å². The number of carbonyl (C=O) groups excluding carboxylic acids is 2. The van der Waals surface area contributed by atoms with Gasteiger partial charge in [0.25, 0.3) is 0 Å². The molecule has 0 aliphatic rings. The number of methoxy groups -OCH3 is 1. The lowest BCUT2D eigenvalue weighted by Crippen LogP contribution is -2.43. The standard InChI is InChI=1S/C23H26ClN5O3/c1-14(30)26-11-12-27-22(31)23(2,3)21-28-19(15-7-9-25-10-8-15)20(29-21)16-5-6-17(24)18(13-16)32-4/h5-10,13H,11-12H2,1-4H3,(H,26,30)(H,27,31)(H,28,29). The molecule has 0 spiro atoms. The number of hydrogen-bond donors (Lipinski definition) is 3. The number of halogens is 1. The Morgan fingerprint density at radius 3 is 2.44 bits per heavy atom. The molecule has 0 saturated carbocycles. The molecule has 0 fully saturated rings. The van der Waals surface area contributed by atoms with Crippen LogP contribution in [0.1, 0.15) is 26.6 Å². The molecule has 3 N–H and O–H groups in total. The first kappa shape index (κ1) is 23.3. The van der Waals surface area contributed by atoms with Crippen LogP contribution in [0.25, 0.3) is 22.5 Å². The maximum Gasteiger partial charge on any atom is 0.233 e. The molecule has 0 radical (unpaired) electrons. The lowest BCUT2D eigenvalue weighted by atomic mass is 9.91. The van der Waals surface area contributed by atoms with Crippen LogP contribution < -0.4 is 15.4 Å². The highest BCUT2D eigenvalue weighted by atomic mass is 35.5. The summed E-state index contributed by atoms with van der Waals surface area (Å²) in [6.45, 7) is 5.70. The number of aromatic amines is 1. The average molecular weight is 456 g/mol. The first-order valence-corrected chi connectivity index (χ1v) is 10.5. The summed E-state index contributed by atoms with van der Waals surface area (Å²) in [5.74, 6) is 0.683. The molecule has 0 atom stereocenters. The van der Waals surface area contributed by atoms with Crippen molar-refractivity contribution in [2.75, 3.05) is 20.2 Å². The van der Waals surface area contributed by atoms with Crippen LogP contribution in [0.15, 0.2) is 42.7 Å². The van der Waals surface area contributed by atoms with Gasteiger partial charge in [0.2, 0.25) is 11.8 Å². The van der Waals surface area contributed by atoms with Gasteiger partial charge in [-0.25, -0.2) is 4.98 Å². The largest absolute Gasteiger partial charge is 0.495 e. The minimum absolute atomic E-state index is 0.144. The second kappa shape index (κ2) is 9.82. The Labute approximate surface area is 191 Å². The number of nitrogens with zero attached hydrogens (tertiary/aromatic N) is 2. The van der Waals surface area contributed by atoms with Gasteiger partial charge in [-0.05, 0) is 38.1 Å². The van der Waals surface area contributed by atoms with Gasteiger partial charge in [-0.3, -0.25) is 14.6 Å². The van der Waals surface area contributed by atoms with E-state index in [-0.39, 0.29) is 11.8 Å². The number of nitrogens with one attached hydrogen (secondary N) is 3. The highest BCUT2D eigenvalue weighted by Crippen LogP contribution is 2.36. The monoisotopic (exact) mass is 455 g/mol. The molecule has 0 saturated heterocycles. The fourth-order valence-electron chi connectivity index (χ4n) is 3.16. The Kier molecular flexibility index (Phi) is 7.15. The number of imidazole rings is 1. The van der Waals surface area contributed by atoms with E-state index in [4.69, 9.17) is 21.3 Å². The van der Waals surface area contributed by atoms with Gasteiger partial charge in [0.05, 0.1) is 23.5 Å². The van der Waals surface area contributed by atoms with Gasteiger partial charge in [-0.1, -0.05) is 17.7 Å². The van der Waals surface area contributed by atoms with E-state index in [1.165, 1.54) is 6.92 Å². The van der Waals surface area contributed by atoms with E-state index in [2.05, 4.69) is 20.6 Å². The number of aromatic nitrogens is 3. The summed E-state index contributed by atoms with van der Waals surface area (Å²) in [6, 6.07) is 9.16. The zero-order valence-electron chi connectivity index (χ0n) is 18.5. The second-order valence-electron chi connectivity index (χ2n) is 7.76. The molecule has 32 heavy (non-hydrogen) atoms. The highest BCUT2D eigenvalue weighted by molar-refractivity contribution is 6.32. The van der Waals surface area contributed by atoms with Crippen molar-refractivity contribution >= 4 is 23.4 Å². The van der Waals surface area contributed by atoms with E-state index in [0.29, 0.717) is 35.4 Å². The third kappa shape index (κ3) is 5.08. The molecule has 8 nitrogen and oxygen atoms in total. The quantitative estimate of drug-likeness (QED) is 0.451. The van der Waals surface area contributed by atoms with E-state index in [1.807, 2.05) is 24.3 Å². The summed E-state index contributed by atoms with van der Waals surface area (Å²) in [5, 5.41) is 6.00. The van der Waals surface area contributed by atoms with Gasteiger partial charge >= 0.3 is 0 Å². The summed E-state index contributed by atoms with van der Waals surface area (Å²) in [4.78, 5) is 36.2. The van der Waals surface area contributed by atoms with Gasteiger partial charge in [0, 0.05) is 43.5 Å². The summed E-state index contributed by atoms with van der Waals surface area (Å²) in [7, 11) is 1.55. The normalized spacial score (nSPS) is 11.2. The second-order valence-corrected chi connectivity index (χ2v) is 8.17. The molecule has 2 amide bonds. The van der Waals surface area contributed by atoms with E-state index in [1.54, 1.807) is 39.4 Å². The molecule has 0 bridgehead atoms. The minimum atomic E-state index is -0.952. The fraction of sp³-hybridized carbons (Fsp3) is 0.304. The maximum absolute atomic E-state index is 12.9. The van der Waals surface area contributed by atoms with E-state index in [9.17, 15) is 9.59 Å². The first-order valence-electron chi connectivity index (χ1n) is 10.1. The summed E-state index contributed by atoms with van der Waals surface area (Å²) >= 11 is 6.20. The van der Waals surface area contributed by atoms with Gasteiger partial charge in [-0.2, -0.15) is 0 Å². The molecular weight excluding hydrogens is 430 g/mol. The van der Waals surface area contributed by atoms with Crippen molar-refractivity contribution in [2.24, 2.45) is 0 Å². The molecule has 168 valence electrons. The van der Waals surface area contributed by atoms with Crippen LogP contribution in [-0.2, 0) is 15.0 Å². The van der Waals surface area contributed by atoms with Crippen molar-refractivity contribution in [1.82, 2.24) is 25.6 Å². The van der Waals surface area contributed by atoms with Crippen LogP contribution in [0.2, 0.25) is 5.02 Å². The number of amides is 2. The van der Waals surface area contributed by atoms with Crippen molar-refractivity contribution in [2.45, 2.75) is 26.2 Å². The average Bonchev–Trinajstić information content (AvgIpc) is 3.23. The number of ether oxygens (including phenoxy) is 1. The van der Waals surface area contributed by atoms with Crippen molar-refractivity contribution in [3.05, 3.63) is 53.6 Å². The predicted molar refractivity (Wildman–Crippen MR) is 124 cm³/mol. The molecule has 2 heterocycles. The Morgan fingerprint density at radius 2 is 1.78 bits per heavy atom. The Balaban J connectivity index is 1.99. The molecule has 3 rings (SSSR count). The van der Waals surface area contributed by atoms with E-state index < -0.39 is 5.41 Å². The number of carbonyl (C=O) groups is 2. The van der Waals surface area contributed by atoms with Crippen molar-refractivity contribution in [3.8, 4) is 28.3 Å². The molecule has 3 aromatic rings.